The second-order valence-electron chi connectivity index (χ2n) is 3.33. The first-order chi connectivity index (χ1) is 8.15. The fourth-order valence-electron chi connectivity index (χ4n) is 1.29. The summed E-state index contributed by atoms with van der Waals surface area (Å²) in [6, 6.07) is 9.67. The van der Waals surface area contributed by atoms with Gasteiger partial charge in [-0.1, -0.05) is 18.3 Å². The molecule has 6 heteroatoms. The molecule has 0 aliphatic carbocycles. The van der Waals surface area contributed by atoms with Crippen LogP contribution in [0.1, 0.15) is 10.6 Å². The summed E-state index contributed by atoms with van der Waals surface area (Å²) in [6.45, 7) is 0.740. The minimum Gasteiger partial charge on any atom is -0.388 e. The second-order valence-corrected chi connectivity index (χ2v) is 6.32. The number of nitrogens with zero attached hydrogens (tertiary/aromatic N) is 1. The molecule has 0 aliphatic heterocycles. The number of pyridine rings is 1. The predicted octanol–water partition coefficient (Wildman–Crippen LogP) is 3.15. The van der Waals surface area contributed by atoms with Gasteiger partial charge in [0.15, 0.2) is 0 Å². The van der Waals surface area contributed by atoms with Gasteiger partial charge >= 0.3 is 0 Å². The third-order valence-electron chi connectivity index (χ3n) is 2.07. The molecule has 0 aromatic carbocycles. The van der Waals surface area contributed by atoms with Crippen molar-refractivity contribution in [3.8, 4) is 0 Å². The number of rotatable bonds is 4. The number of halogens is 1. The molecule has 0 unspecified atom stereocenters. The molecule has 0 aliphatic rings. The van der Waals surface area contributed by atoms with Crippen molar-refractivity contribution in [3.63, 3.8) is 0 Å². The van der Waals surface area contributed by atoms with Crippen molar-refractivity contribution in [1.82, 2.24) is 4.98 Å². The van der Waals surface area contributed by atoms with Crippen molar-refractivity contribution >= 4 is 50.3 Å². The van der Waals surface area contributed by atoms with Crippen LogP contribution in [-0.2, 0) is 6.54 Å². The van der Waals surface area contributed by atoms with Crippen molar-refractivity contribution in [2.75, 3.05) is 5.32 Å². The quantitative estimate of drug-likeness (QED) is 0.847. The molecular weight excluding hydrogens is 318 g/mol. The zero-order valence-electron chi connectivity index (χ0n) is 8.81. The Morgan fingerprint density at radius 2 is 2.24 bits per heavy atom. The predicted molar refractivity (Wildman–Crippen MR) is 79.5 cm³/mol. The lowest BCUT2D eigenvalue weighted by molar-refractivity contribution is 1.13. The molecule has 0 spiro atoms. The Morgan fingerprint density at radius 3 is 2.88 bits per heavy atom. The average Bonchev–Trinajstić information content (AvgIpc) is 2.73. The normalized spacial score (nSPS) is 10.2. The minimum absolute atomic E-state index is 0.313. The summed E-state index contributed by atoms with van der Waals surface area (Å²) in [5, 5.41) is 3.23. The minimum atomic E-state index is 0.313. The van der Waals surface area contributed by atoms with Gasteiger partial charge in [-0.05, 0) is 40.2 Å². The summed E-state index contributed by atoms with van der Waals surface area (Å²) in [4.78, 5) is 5.86. The van der Waals surface area contributed by atoms with Crippen molar-refractivity contribution in [2.45, 2.75) is 6.54 Å². The van der Waals surface area contributed by atoms with Crippen LogP contribution in [0.5, 0.6) is 0 Å². The summed E-state index contributed by atoms with van der Waals surface area (Å²) in [5.74, 6) is 0.778. The van der Waals surface area contributed by atoms with E-state index >= 15 is 0 Å². The lowest BCUT2D eigenvalue weighted by Gasteiger charge is -2.05. The fraction of sp³-hybridized carbons (Fsp3) is 0.0909. The molecule has 2 heterocycles. The van der Waals surface area contributed by atoms with Gasteiger partial charge in [0.2, 0.25) is 0 Å². The van der Waals surface area contributed by atoms with Crippen LogP contribution >= 0.6 is 39.5 Å². The van der Waals surface area contributed by atoms with E-state index in [2.05, 4.69) is 32.3 Å². The Labute approximate surface area is 117 Å². The van der Waals surface area contributed by atoms with E-state index in [1.54, 1.807) is 17.4 Å². The highest BCUT2D eigenvalue weighted by Crippen LogP contribution is 2.22. The smallest absolute Gasteiger partial charge is 0.127 e. The summed E-state index contributed by atoms with van der Waals surface area (Å²) >= 11 is 10.0. The number of hydrogen-bond acceptors (Lipinski definition) is 4. The first-order valence-corrected chi connectivity index (χ1v) is 6.92. The fourth-order valence-corrected chi connectivity index (χ4v) is 2.83. The number of nitrogens with two attached hydrogens (primary N) is 1. The Hall–Kier alpha value is -0.980. The van der Waals surface area contributed by atoms with E-state index in [-0.39, 0.29) is 0 Å². The zero-order valence-corrected chi connectivity index (χ0v) is 12.0. The summed E-state index contributed by atoms with van der Waals surface area (Å²) < 4.78 is 1.12. The third-order valence-corrected chi connectivity index (χ3v) is 3.91. The lowest BCUT2D eigenvalue weighted by atomic mass is 10.3. The van der Waals surface area contributed by atoms with Crippen LogP contribution in [0.15, 0.2) is 34.1 Å². The van der Waals surface area contributed by atoms with Gasteiger partial charge in [-0.2, -0.15) is 0 Å². The number of nitrogens with one attached hydrogen (secondary N) is 1. The Bertz CT molecular complexity index is 539. The van der Waals surface area contributed by atoms with Crippen molar-refractivity contribution in [3.05, 3.63) is 44.7 Å². The Kier molecular flexibility index (Phi) is 4.09. The van der Waals surface area contributed by atoms with Crippen LogP contribution in [0, 0.1) is 0 Å². The molecule has 2 aromatic rings. The van der Waals surface area contributed by atoms with Gasteiger partial charge in [0.05, 0.1) is 16.0 Å². The van der Waals surface area contributed by atoms with Gasteiger partial charge in [0.25, 0.3) is 0 Å². The number of thiocarbonyl (C=S) groups is 1. The van der Waals surface area contributed by atoms with Gasteiger partial charge in [-0.25, -0.2) is 4.98 Å². The molecule has 0 bridgehead atoms. The van der Waals surface area contributed by atoms with Crippen LogP contribution in [0.4, 0.5) is 5.82 Å². The molecule has 2 rings (SSSR count). The topological polar surface area (TPSA) is 50.9 Å². The van der Waals surface area contributed by atoms with Crippen LogP contribution in [-0.4, -0.2) is 9.97 Å². The van der Waals surface area contributed by atoms with Crippen molar-refractivity contribution < 1.29 is 0 Å². The number of anilines is 1. The van der Waals surface area contributed by atoms with E-state index in [0.29, 0.717) is 10.7 Å². The molecule has 0 radical (unpaired) electrons. The molecular formula is C11H10BrN3S2. The number of hydrogen-bond donors (Lipinski definition) is 2. The van der Waals surface area contributed by atoms with E-state index in [4.69, 9.17) is 18.0 Å². The molecule has 0 saturated heterocycles. The third kappa shape index (κ3) is 3.49. The first-order valence-electron chi connectivity index (χ1n) is 4.90. The van der Waals surface area contributed by atoms with Gasteiger partial charge in [-0.3, -0.25) is 0 Å². The van der Waals surface area contributed by atoms with E-state index in [1.807, 2.05) is 18.2 Å². The summed E-state index contributed by atoms with van der Waals surface area (Å²) in [5.41, 5.74) is 6.17. The Morgan fingerprint density at radius 1 is 1.41 bits per heavy atom. The van der Waals surface area contributed by atoms with E-state index in [9.17, 15) is 0 Å². The monoisotopic (exact) mass is 327 g/mol. The highest BCUT2D eigenvalue weighted by Gasteiger charge is 2.01. The largest absolute Gasteiger partial charge is 0.388 e. The Balaban J connectivity index is 2.04. The molecule has 0 atom stereocenters. The second kappa shape index (κ2) is 5.57. The van der Waals surface area contributed by atoms with Crippen molar-refractivity contribution in [1.29, 1.82) is 0 Å². The molecule has 3 N–H and O–H groups in total. The van der Waals surface area contributed by atoms with Crippen LogP contribution in [0.3, 0.4) is 0 Å². The molecule has 3 nitrogen and oxygen atoms in total. The molecule has 0 fully saturated rings. The highest BCUT2D eigenvalue weighted by atomic mass is 79.9. The molecule has 17 heavy (non-hydrogen) atoms. The SMILES string of the molecule is NC(=S)c1cccc(NCc2ccc(Br)s2)n1. The standard InChI is InChI=1S/C11H10BrN3S2/c12-9-5-4-7(17-9)6-14-10-3-1-2-8(15-10)11(13)16/h1-5H,6H2,(H2,13,16)(H,14,15). The van der Waals surface area contributed by atoms with Gasteiger partial charge in [0.1, 0.15) is 10.8 Å². The summed E-state index contributed by atoms with van der Waals surface area (Å²) in [7, 11) is 0. The molecule has 0 amide bonds. The van der Waals surface area contributed by atoms with Gasteiger partial charge in [-0.15, -0.1) is 11.3 Å². The maximum absolute atomic E-state index is 5.53. The molecule has 0 saturated carbocycles. The van der Waals surface area contributed by atoms with Gasteiger partial charge in [0, 0.05) is 4.88 Å². The highest BCUT2D eigenvalue weighted by molar-refractivity contribution is 9.11. The van der Waals surface area contributed by atoms with Crippen LogP contribution < -0.4 is 11.1 Å². The molecule has 88 valence electrons. The summed E-state index contributed by atoms with van der Waals surface area (Å²) in [6.07, 6.45) is 0. The van der Waals surface area contributed by atoms with E-state index in [0.717, 1.165) is 16.1 Å². The maximum atomic E-state index is 5.53. The number of thiophene rings is 1. The zero-order chi connectivity index (χ0) is 12.3. The van der Waals surface area contributed by atoms with E-state index < -0.39 is 0 Å². The number of aromatic nitrogens is 1. The molecule has 2 aromatic heterocycles. The van der Waals surface area contributed by atoms with Crippen molar-refractivity contribution in [2.24, 2.45) is 5.73 Å². The maximum Gasteiger partial charge on any atom is 0.127 e. The van der Waals surface area contributed by atoms with E-state index in [1.165, 1.54) is 4.88 Å². The first kappa shape index (κ1) is 12.5. The van der Waals surface area contributed by atoms with Crippen LogP contribution in [0.2, 0.25) is 0 Å². The lowest BCUT2D eigenvalue weighted by Crippen LogP contribution is -2.12. The van der Waals surface area contributed by atoms with Crippen LogP contribution in [0.25, 0.3) is 0 Å². The van der Waals surface area contributed by atoms with Gasteiger partial charge < -0.3 is 11.1 Å². The average molecular weight is 328 g/mol.